The van der Waals surface area contributed by atoms with Gasteiger partial charge in [0.05, 0.1) is 31.2 Å². The van der Waals surface area contributed by atoms with E-state index in [0.29, 0.717) is 11.5 Å². The van der Waals surface area contributed by atoms with Crippen LogP contribution in [0.3, 0.4) is 0 Å². The Morgan fingerprint density at radius 2 is 1.31 bits per heavy atom. The van der Waals surface area contributed by atoms with E-state index in [4.69, 9.17) is 14.5 Å². The molecule has 0 aliphatic carbocycles. The molecule has 0 unspecified atom stereocenters. The lowest BCUT2D eigenvalue weighted by Gasteiger charge is -2.15. The van der Waals surface area contributed by atoms with Gasteiger partial charge in [-0.25, -0.2) is 4.98 Å². The minimum atomic E-state index is 0.0294. The van der Waals surface area contributed by atoms with E-state index in [1.165, 1.54) is 11.1 Å². The number of aromatic nitrogens is 2. The number of hydrogen-bond acceptors (Lipinski definition) is 3. The van der Waals surface area contributed by atoms with Gasteiger partial charge in [-0.1, -0.05) is 60.7 Å². The van der Waals surface area contributed by atoms with Gasteiger partial charge in [-0.15, -0.1) is 0 Å². The van der Waals surface area contributed by atoms with Crippen molar-refractivity contribution in [2.24, 2.45) is 0 Å². The Bertz CT molecular complexity index is 930. The molecule has 0 aliphatic rings. The van der Waals surface area contributed by atoms with Gasteiger partial charge >= 0.3 is 0 Å². The molecule has 4 nitrogen and oxygen atoms in total. The molecule has 1 aromatic heterocycles. The minimum absolute atomic E-state index is 0.0294. The number of nitrogens with zero attached hydrogens (tertiary/aromatic N) is 1. The monoisotopic (exact) mass is 344 g/mol. The summed E-state index contributed by atoms with van der Waals surface area (Å²) in [5.41, 5.74) is 4.16. The Kier molecular flexibility index (Phi) is 4.32. The van der Waals surface area contributed by atoms with E-state index in [2.05, 4.69) is 53.5 Å². The van der Waals surface area contributed by atoms with Crippen molar-refractivity contribution >= 4 is 11.0 Å². The predicted octanol–water partition coefficient (Wildman–Crippen LogP) is 4.76. The second kappa shape index (κ2) is 6.92. The summed E-state index contributed by atoms with van der Waals surface area (Å²) in [4.78, 5) is 8.33. The number of aromatic amines is 1. The van der Waals surface area contributed by atoms with Gasteiger partial charge in [-0.05, 0) is 11.1 Å². The summed E-state index contributed by atoms with van der Waals surface area (Å²) in [7, 11) is 3.27. The molecule has 1 heterocycles. The van der Waals surface area contributed by atoms with Crippen LogP contribution in [-0.4, -0.2) is 24.2 Å². The van der Waals surface area contributed by atoms with Gasteiger partial charge in [0, 0.05) is 12.1 Å². The van der Waals surface area contributed by atoms with Crippen LogP contribution in [0.4, 0.5) is 0 Å². The maximum atomic E-state index is 5.41. The van der Waals surface area contributed by atoms with E-state index >= 15 is 0 Å². The number of hydrogen-bond donors (Lipinski definition) is 1. The number of ether oxygens (including phenoxy) is 2. The number of benzene rings is 3. The maximum Gasteiger partial charge on any atom is 0.163 e. The SMILES string of the molecule is COc1cc2nc(C(c3ccccc3)c3ccccc3)[nH]c2cc1OC. The summed E-state index contributed by atoms with van der Waals surface area (Å²) in [6.45, 7) is 0. The highest BCUT2D eigenvalue weighted by Crippen LogP contribution is 2.35. The van der Waals surface area contributed by atoms with Gasteiger partial charge in [0.2, 0.25) is 0 Å². The molecule has 130 valence electrons. The Morgan fingerprint density at radius 3 is 1.85 bits per heavy atom. The van der Waals surface area contributed by atoms with Crippen LogP contribution in [0.15, 0.2) is 72.8 Å². The van der Waals surface area contributed by atoms with Gasteiger partial charge < -0.3 is 14.5 Å². The summed E-state index contributed by atoms with van der Waals surface area (Å²) in [6, 6.07) is 24.6. The highest BCUT2D eigenvalue weighted by Gasteiger charge is 2.21. The molecule has 0 amide bonds. The molecule has 4 rings (SSSR count). The molecule has 3 aromatic carbocycles. The number of H-pyrrole nitrogens is 1. The Hall–Kier alpha value is -3.27. The second-order valence-electron chi connectivity index (χ2n) is 6.10. The molecule has 0 bridgehead atoms. The zero-order valence-corrected chi connectivity index (χ0v) is 14.8. The van der Waals surface area contributed by atoms with Crippen molar-refractivity contribution in [1.82, 2.24) is 9.97 Å². The minimum Gasteiger partial charge on any atom is -0.493 e. The molecule has 0 atom stereocenters. The molecular weight excluding hydrogens is 324 g/mol. The maximum absolute atomic E-state index is 5.41. The molecule has 0 spiro atoms. The Labute approximate surface area is 152 Å². The Balaban J connectivity index is 1.88. The highest BCUT2D eigenvalue weighted by molar-refractivity contribution is 5.80. The lowest BCUT2D eigenvalue weighted by Crippen LogP contribution is -2.05. The third kappa shape index (κ3) is 2.90. The molecule has 0 radical (unpaired) electrons. The van der Waals surface area contributed by atoms with Crippen molar-refractivity contribution in [3.8, 4) is 11.5 Å². The zero-order chi connectivity index (χ0) is 17.9. The first kappa shape index (κ1) is 16.2. The topological polar surface area (TPSA) is 47.1 Å². The lowest BCUT2D eigenvalue weighted by atomic mass is 9.91. The number of imidazole rings is 1. The van der Waals surface area contributed by atoms with Gasteiger partial charge in [-0.3, -0.25) is 0 Å². The van der Waals surface area contributed by atoms with Gasteiger partial charge in [0.15, 0.2) is 11.5 Å². The Morgan fingerprint density at radius 1 is 0.769 bits per heavy atom. The van der Waals surface area contributed by atoms with Crippen LogP contribution < -0.4 is 9.47 Å². The van der Waals surface area contributed by atoms with Crippen LogP contribution in [0.5, 0.6) is 11.5 Å². The van der Waals surface area contributed by atoms with Crippen LogP contribution in [0, 0.1) is 0 Å². The fraction of sp³-hybridized carbons (Fsp3) is 0.136. The first-order chi connectivity index (χ1) is 12.8. The molecule has 0 saturated heterocycles. The van der Waals surface area contributed by atoms with Crippen LogP contribution in [0.1, 0.15) is 22.9 Å². The fourth-order valence-corrected chi connectivity index (χ4v) is 3.29. The van der Waals surface area contributed by atoms with Crippen LogP contribution in [-0.2, 0) is 0 Å². The van der Waals surface area contributed by atoms with E-state index in [0.717, 1.165) is 16.9 Å². The largest absolute Gasteiger partial charge is 0.493 e. The second-order valence-corrected chi connectivity index (χ2v) is 6.10. The van der Waals surface area contributed by atoms with Crippen molar-refractivity contribution < 1.29 is 9.47 Å². The summed E-state index contributed by atoms with van der Waals surface area (Å²) in [5, 5.41) is 0. The van der Waals surface area contributed by atoms with E-state index in [9.17, 15) is 0 Å². The quantitative estimate of drug-likeness (QED) is 0.568. The predicted molar refractivity (Wildman–Crippen MR) is 103 cm³/mol. The van der Waals surface area contributed by atoms with Crippen molar-refractivity contribution in [3.63, 3.8) is 0 Å². The highest BCUT2D eigenvalue weighted by atomic mass is 16.5. The van der Waals surface area contributed by atoms with Crippen molar-refractivity contribution in [3.05, 3.63) is 89.7 Å². The molecule has 26 heavy (non-hydrogen) atoms. The third-order valence-electron chi connectivity index (χ3n) is 4.54. The number of rotatable bonds is 5. The van der Waals surface area contributed by atoms with Crippen molar-refractivity contribution in [1.29, 1.82) is 0 Å². The molecule has 0 aliphatic heterocycles. The van der Waals surface area contributed by atoms with Crippen molar-refractivity contribution in [2.45, 2.75) is 5.92 Å². The average Bonchev–Trinajstić information content (AvgIpc) is 3.11. The fourth-order valence-electron chi connectivity index (χ4n) is 3.29. The van der Waals surface area contributed by atoms with E-state index in [1.54, 1.807) is 14.2 Å². The summed E-state index contributed by atoms with van der Waals surface area (Å²) >= 11 is 0. The normalized spacial score (nSPS) is 11.0. The van der Waals surface area contributed by atoms with Crippen LogP contribution in [0.25, 0.3) is 11.0 Å². The first-order valence-corrected chi connectivity index (χ1v) is 8.51. The summed E-state index contributed by atoms with van der Waals surface area (Å²) in [5.74, 6) is 2.29. The van der Waals surface area contributed by atoms with Crippen LogP contribution >= 0.6 is 0 Å². The third-order valence-corrected chi connectivity index (χ3v) is 4.54. The molecule has 4 heteroatoms. The molecule has 0 fully saturated rings. The molecular formula is C22H20N2O2. The summed E-state index contributed by atoms with van der Waals surface area (Å²) in [6.07, 6.45) is 0. The van der Waals surface area contributed by atoms with Gasteiger partial charge in [0.1, 0.15) is 5.82 Å². The van der Waals surface area contributed by atoms with E-state index in [-0.39, 0.29) is 5.92 Å². The average molecular weight is 344 g/mol. The zero-order valence-electron chi connectivity index (χ0n) is 14.8. The van der Waals surface area contributed by atoms with Gasteiger partial charge in [-0.2, -0.15) is 0 Å². The van der Waals surface area contributed by atoms with Crippen molar-refractivity contribution in [2.75, 3.05) is 14.2 Å². The molecule has 1 N–H and O–H groups in total. The number of nitrogens with one attached hydrogen (secondary N) is 1. The first-order valence-electron chi connectivity index (χ1n) is 8.51. The molecule has 4 aromatic rings. The van der Waals surface area contributed by atoms with E-state index < -0.39 is 0 Å². The number of fused-ring (bicyclic) bond motifs is 1. The van der Waals surface area contributed by atoms with Gasteiger partial charge in [0.25, 0.3) is 0 Å². The standard InChI is InChI=1S/C22H20N2O2/c1-25-19-13-17-18(14-20(19)26-2)24-22(23-17)21(15-9-5-3-6-10-15)16-11-7-4-8-12-16/h3-14,21H,1-2H3,(H,23,24). The lowest BCUT2D eigenvalue weighted by molar-refractivity contribution is 0.356. The smallest absolute Gasteiger partial charge is 0.163 e. The van der Waals surface area contributed by atoms with Crippen LogP contribution in [0.2, 0.25) is 0 Å². The number of methoxy groups -OCH3 is 2. The summed E-state index contributed by atoms with van der Waals surface area (Å²) < 4.78 is 10.8. The molecule has 0 saturated carbocycles. The van der Waals surface area contributed by atoms with E-state index in [1.807, 2.05) is 24.3 Å².